The van der Waals surface area contributed by atoms with Gasteiger partial charge in [-0.05, 0) is 31.2 Å². The van der Waals surface area contributed by atoms with Crippen molar-refractivity contribution in [2.24, 2.45) is 10.2 Å². The number of H-pyrrole nitrogens is 1. The lowest BCUT2D eigenvalue weighted by atomic mass is 10.1. The van der Waals surface area contributed by atoms with E-state index in [4.69, 9.17) is 4.74 Å². The Bertz CT molecular complexity index is 1360. The van der Waals surface area contributed by atoms with E-state index in [1.807, 2.05) is 6.07 Å². The van der Waals surface area contributed by atoms with Crippen molar-refractivity contribution in [3.05, 3.63) is 76.2 Å². The number of Topliss-reactive ketones (excluding diaryl/α,β-unsaturated/α-hetero) is 1. The summed E-state index contributed by atoms with van der Waals surface area (Å²) in [6.45, 7) is 0.976. The fraction of sp³-hybridized carbons (Fsp3) is 0.217. The predicted octanol–water partition coefficient (Wildman–Crippen LogP) is 1.26. The number of ether oxygens (including phenoxy) is 2. The van der Waals surface area contributed by atoms with Gasteiger partial charge in [0.05, 0.1) is 16.9 Å². The Morgan fingerprint density at radius 3 is 2.49 bits per heavy atom. The van der Waals surface area contributed by atoms with Crippen LogP contribution in [0.4, 0.5) is 11.4 Å². The van der Waals surface area contributed by atoms with Crippen LogP contribution in [-0.2, 0) is 19.1 Å². The molecule has 1 aromatic heterocycles. The molecule has 2 heterocycles. The maximum absolute atomic E-state index is 12.8. The Kier molecular flexibility index (Phi) is 6.66. The summed E-state index contributed by atoms with van der Waals surface area (Å²) in [5.41, 5.74) is 0.769. The first-order valence-corrected chi connectivity index (χ1v) is 10.4. The molecule has 2 aromatic carbocycles. The Balaban J connectivity index is 1.50. The molecule has 1 aliphatic heterocycles. The second-order valence-corrected chi connectivity index (χ2v) is 7.61. The monoisotopic (exact) mass is 480 g/mol. The normalized spacial score (nSPS) is 18.6. The summed E-state index contributed by atoms with van der Waals surface area (Å²) < 4.78 is 11.0. The lowest BCUT2D eigenvalue weighted by Gasteiger charge is -2.15. The third-order valence-corrected chi connectivity index (χ3v) is 5.19. The number of esters is 2. The fourth-order valence-corrected chi connectivity index (χ4v) is 3.37. The summed E-state index contributed by atoms with van der Waals surface area (Å²) in [6, 6.07) is 14.9. The SMILES string of the molecule is Cc1[nH]n(-c2ccccc2)c(=O)c1N=Nc1ccccc1C(=O)OC[C@@H](O)[C@H]1OC(=O)C(O)C1=O. The van der Waals surface area contributed by atoms with Gasteiger partial charge in [0.2, 0.25) is 11.9 Å². The number of ketones is 1. The largest absolute Gasteiger partial charge is 0.459 e. The first-order valence-electron chi connectivity index (χ1n) is 10.4. The molecule has 180 valence electrons. The van der Waals surface area contributed by atoms with Gasteiger partial charge in [-0.25, -0.2) is 14.3 Å². The summed E-state index contributed by atoms with van der Waals surface area (Å²) in [5, 5.41) is 30.4. The zero-order valence-electron chi connectivity index (χ0n) is 18.3. The number of benzene rings is 2. The van der Waals surface area contributed by atoms with Crippen LogP contribution in [0.2, 0.25) is 0 Å². The van der Waals surface area contributed by atoms with E-state index < -0.39 is 48.2 Å². The van der Waals surface area contributed by atoms with Gasteiger partial charge in [-0.3, -0.25) is 14.7 Å². The summed E-state index contributed by atoms with van der Waals surface area (Å²) in [7, 11) is 0. The van der Waals surface area contributed by atoms with Crippen LogP contribution in [-0.4, -0.2) is 62.6 Å². The number of aromatic nitrogens is 2. The van der Waals surface area contributed by atoms with Crippen molar-refractivity contribution in [2.75, 3.05) is 6.61 Å². The van der Waals surface area contributed by atoms with Crippen molar-refractivity contribution in [2.45, 2.75) is 25.2 Å². The number of para-hydroxylation sites is 1. The number of nitrogens with one attached hydrogen (secondary N) is 1. The molecule has 4 rings (SSSR count). The van der Waals surface area contributed by atoms with E-state index >= 15 is 0 Å². The van der Waals surface area contributed by atoms with Gasteiger partial charge in [0, 0.05) is 0 Å². The molecule has 0 bridgehead atoms. The van der Waals surface area contributed by atoms with Crippen LogP contribution in [0.1, 0.15) is 16.1 Å². The van der Waals surface area contributed by atoms with Crippen LogP contribution in [0.25, 0.3) is 5.69 Å². The van der Waals surface area contributed by atoms with Crippen molar-refractivity contribution >= 4 is 29.1 Å². The molecule has 1 saturated heterocycles. The van der Waals surface area contributed by atoms with E-state index in [-0.39, 0.29) is 16.9 Å². The van der Waals surface area contributed by atoms with Crippen molar-refractivity contribution < 1.29 is 34.1 Å². The van der Waals surface area contributed by atoms with E-state index in [2.05, 4.69) is 20.1 Å². The van der Waals surface area contributed by atoms with E-state index in [9.17, 15) is 29.4 Å². The molecular formula is C23H20N4O8. The maximum Gasteiger partial charge on any atom is 0.343 e. The molecule has 12 nitrogen and oxygen atoms in total. The number of nitrogens with zero attached hydrogens (tertiary/aromatic N) is 3. The average molecular weight is 480 g/mol. The second-order valence-electron chi connectivity index (χ2n) is 7.61. The summed E-state index contributed by atoms with van der Waals surface area (Å²) in [6.07, 6.45) is -5.28. The molecule has 0 saturated carbocycles. The molecule has 0 radical (unpaired) electrons. The van der Waals surface area contributed by atoms with Crippen LogP contribution >= 0.6 is 0 Å². The minimum absolute atomic E-state index is 0.0187. The molecule has 0 aliphatic carbocycles. The summed E-state index contributed by atoms with van der Waals surface area (Å²) in [4.78, 5) is 48.4. The molecule has 3 N–H and O–H groups in total. The average Bonchev–Trinajstić information content (AvgIpc) is 3.30. The maximum atomic E-state index is 12.8. The van der Waals surface area contributed by atoms with Gasteiger partial charge >= 0.3 is 11.9 Å². The second kappa shape index (κ2) is 9.83. The third kappa shape index (κ3) is 4.78. The van der Waals surface area contributed by atoms with Gasteiger partial charge in [-0.15, -0.1) is 10.2 Å². The third-order valence-electron chi connectivity index (χ3n) is 5.19. The molecule has 12 heteroatoms. The summed E-state index contributed by atoms with van der Waals surface area (Å²) >= 11 is 0. The van der Waals surface area contributed by atoms with Crippen LogP contribution in [0.5, 0.6) is 0 Å². The van der Waals surface area contributed by atoms with Crippen LogP contribution in [0.15, 0.2) is 69.6 Å². The van der Waals surface area contributed by atoms with Gasteiger partial charge < -0.3 is 19.7 Å². The lowest BCUT2D eigenvalue weighted by Crippen LogP contribution is -2.38. The number of rotatable bonds is 7. The highest BCUT2D eigenvalue weighted by Gasteiger charge is 2.46. The van der Waals surface area contributed by atoms with E-state index in [1.54, 1.807) is 43.3 Å². The standard InChI is InChI=1S/C23H20N4O8/c1-12-17(21(31)27(26-12)13-7-3-2-4-8-13)25-24-15-10-6-5-9-14(15)22(32)34-11-16(28)20-18(29)19(30)23(33)35-20/h2-10,16,19-20,26,28,30H,11H2,1H3/t16-,19?,20-/m1/s1. The number of carbonyl (C=O) groups is 3. The smallest absolute Gasteiger partial charge is 0.343 e. The van der Waals surface area contributed by atoms with Gasteiger partial charge in [0.1, 0.15) is 18.4 Å². The number of aliphatic hydroxyl groups is 2. The lowest BCUT2D eigenvalue weighted by molar-refractivity contribution is -0.151. The number of aryl methyl sites for hydroxylation is 1. The zero-order chi connectivity index (χ0) is 25.1. The molecule has 1 unspecified atom stereocenters. The number of cyclic esters (lactones) is 1. The number of carbonyl (C=O) groups excluding carboxylic acids is 3. The first-order chi connectivity index (χ1) is 16.8. The Morgan fingerprint density at radius 1 is 1.11 bits per heavy atom. The number of aliphatic hydroxyl groups excluding tert-OH is 2. The minimum atomic E-state index is -1.98. The zero-order valence-corrected chi connectivity index (χ0v) is 18.3. The molecule has 1 fully saturated rings. The number of azo groups is 1. The highest BCUT2D eigenvalue weighted by Crippen LogP contribution is 2.24. The number of hydrogen-bond acceptors (Lipinski definition) is 10. The van der Waals surface area contributed by atoms with Gasteiger partial charge in [0.25, 0.3) is 5.56 Å². The Labute approximate surface area is 197 Å². The Morgan fingerprint density at radius 2 is 1.80 bits per heavy atom. The van der Waals surface area contributed by atoms with Crippen molar-refractivity contribution in [1.82, 2.24) is 9.78 Å². The highest BCUT2D eigenvalue weighted by molar-refractivity contribution is 6.09. The predicted molar refractivity (Wildman–Crippen MR) is 119 cm³/mol. The van der Waals surface area contributed by atoms with E-state index in [0.717, 1.165) is 0 Å². The topological polar surface area (TPSA) is 173 Å². The van der Waals surface area contributed by atoms with Gasteiger partial charge in [0.15, 0.2) is 11.8 Å². The van der Waals surface area contributed by atoms with Crippen LogP contribution in [0, 0.1) is 6.92 Å². The van der Waals surface area contributed by atoms with Crippen molar-refractivity contribution in [3.8, 4) is 5.69 Å². The molecule has 3 atom stereocenters. The molecule has 3 aromatic rings. The molecular weight excluding hydrogens is 460 g/mol. The highest BCUT2D eigenvalue weighted by atomic mass is 16.6. The first kappa shape index (κ1) is 23.7. The van der Waals surface area contributed by atoms with Gasteiger partial charge in [-0.2, -0.15) is 0 Å². The minimum Gasteiger partial charge on any atom is -0.459 e. The molecule has 0 spiro atoms. The van der Waals surface area contributed by atoms with Crippen LogP contribution < -0.4 is 5.56 Å². The Hall–Kier alpha value is -4.42. The van der Waals surface area contributed by atoms with Crippen molar-refractivity contribution in [1.29, 1.82) is 0 Å². The van der Waals surface area contributed by atoms with Crippen LogP contribution in [0.3, 0.4) is 0 Å². The molecule has 0 amide bonds. The quantitative estimate of drug-likeness (QED) is 0.257. The van der Waals surface area contributed by atoms with Crippen molar-refractivity contribution in [3.63, 3.8) is 0 Å². The summed E-state index contributed by atoms with van der Waals surface area (Å²) in [5.74, 6) is -3.10. The number of aromatic amines is 1. The van der Waals surface area contributed by atoms with E-state index in [0.29, 0.717) is 11.4 Å². The molecule has 35 heavy (non-hydrogen) atoms. The molecule has 1 aliphatic rings. The fourth-order valence-electron chi connectivity index (χ4n) is 3.37. The van der Waals surface area contributed by atoms with E-state index in [1.165, 1.54) is 16.8 Å². The van der Waals surface area contributed by atoms with Gasteiger partial charge in [-0.1, -0.05) is 30.3 Å². The number of hydrogen-bond donors (Lipinski definition) is 3.